The molecule has 1 amide bonds. The van der Waals surface area contributed by atoms with E-state index in [4.69, 9.17) is 11.6 Å². The number of anilines is 1. The van der Waals surface area contributed by atoms with Gasteiger partial charge in [0.15, 0.2) is 0 Å². The van der Waals surface area contributed by atoms with Crippen LogP contribution in [0.4, 0.5) is 5.69 Å². The van der Waals surface area contributed by atoms with E-state index in [0.29, 0.717) is 16.3 Å². The predicted octanol–water partition coefficient (Wildman–Crippen LogP) is 4.37. The van der Waals surface area contributed by atoms with Gasteiger partial charge in [0.05, 0.1) is 10.6 Å². The second-order valence-corrected chi connectivity index (χ2v) is 5.40. The van der Waals surface area contributed by atoms with Crippen LogP contribution in [-0.2, 0) is 0 Å². The summed E-state index contributed by atoms with van der Waals surface area (Å²) in [6, 6.07) is 10.0. The summed E-state index contributed by atoms with van der Waals surface area (Å²) < 4.78 is 0.772. The summed E-state index contributed by atoms with van der Waals surface area (Å²) in [4.78, 5) is 12.1. The van der Waals surface area contributed by atoms with E-state index in [-0.39, 0.29) is 11.7 Å². The van der Waals surface area contributed by atoms with E-state index in [1.807, 2.05) is 0 Å². The molecule has 2 aromatic carbocycles. The molecule has 2 N–H and O–H groups in total. The van der Waals surface area contributed by atoms with E-state index in [1.54, 1.807) is 37.3 Å². The highest BCUT2D eigenvalue weighted by Crippen LogP contribution is 2.24. The largest absolute Gasteiger partial charge is 0.508 e. The zero-order valence-corrected chi connectivity index (χ0v) is 12.4. The van der Waals surface area contributed by atoms with Gasteiger partial charge in [0.25, 0.3) is 5.91 Å². The minimum atomic E-state index is -0.324. The zero-order chi connectivity index (χ0) is 14.0. The summed E-state index contributed by atoms with van der Waals surface area (Å²) in [5.74, 6) is -0.187. The van der Waals surface area contributed by atoms with E-state index in [0.717, 1.165) is 10.0 Å². The highest BCUT2D eigenvalue weighted by atomic mass is 79.9. The molecule has 0 heterocycles. The number of phenols is 1. The number of rotatable bonds is 2. The van der Waals surface area contributed by atoms with E-state index < -0.39 is 0 Å². The Labute approximate surface area is 124 Å². The maximum absolute atomic E-state index is 12.1. The van der Waals surface area contributed by atoms with Crippen molar-refractivity contribution < 1.29 is 9.90 Å². The molecule has 0 aliphatic carbocycles. The van der Waals surface area contributed by atoms with Crippen molar-refractivity contribution in [2.75, 3.05) is 5.32 Å². The molecular formula is C14H11BrClNO2. The van der Waals surface area contributed by atoms with Gasteiger partial charge in [0.1, 0.15) is 5.75 Å². The van der Waals surface area contributed by atoms with Crippen LogP contribution in [0.3, 0.4) is 0 Å². The average Bonchev–Trinajstić information content (AvgIpc) is 2.36. The Balaban J connectivity index is 2.25. The molecule has 0 saturated heterocycles. The number of aromatic hydroxyl groups is 1. The lowest BCUT2D eigenvalue weighted by molar-refractivity contribution is 0.102. The minimum Gasteiger partial charge on any atom is -0.508 e. The highest BCUT2D eigenvalue weighted by molar-refractivity contribution is 9.10. The van der Waals surface area contributed by atoms with Crippen molar-refractivity contribution in [1.29, 1.82) is 0 Å². The Kier molecular flexibility index (Phi) is 4.12. The van der Waals surface area contributed by atoms with Crippen LogP contribution >= 0.6 is 27.5 Å². The van der Waals surface area contributed by atoms with Crippen molar-refractivity contribution in [1.82, 2.24) is 0 Å². The third-order valence-electron chi connectivity index (χ3n) is 2.64. The Hall–Kier alpha value is -1.52. The van der Waals surface area contributed by atoms with Crippen molar-refractivity contribution >= 4 is 39.1 Å². The third kappa shape index (κ3) is 3.28. The molecule has 0 saturated carbocycles. The van der Waals surface area contributed by atoms with Crippen molar-refractivity contribution in [3.05, 3.63) is 57.0 Å². The van der Waals surface area contributed by atoms with Gasteiger partial charge in [-0.25, -0.2) is 0 Å². The van der Waals surface area contributed by atoms with Gasteiger partial charge in [-0.05, 0) is 36.8 Å². The number of aryl methyl sites for hydroxylation is 1. The quantitative estimate of drug-likeness (QED) is 0.853. The Morgan fingerprint density at radius 3 is 2.68 bits per heavy atom. The molecule has 0 unspecified atom stereocenters. The molecule has 0 aliphatic heterocycles. The molecule has 2 aromatic rings. The second-order valence-electron chi connectivity index (χ2n) is 4.08. The second kappa shape index (κ2) is 5.63. The summed E-state index contributed by atoms with van der Waals surface area (Å²) in [5, 5.41) is 12.7. The summed E-state index contributed by atoms with van der Waals surface area (Å²) in [7, 11) is 0. The Morgan fingerprint density at radius 1 is 1.26 bits per heavy atom. The van der Waals surface area contributed by atoms with Gasteiger partial charge in [-0.3, -0.25) is 4.79 Å². The number of amides is 1. The van der Waals surface area contributed by atoms with Gasteiger partial charge < -0.3 is 10.4 Å². The number of benzene rings is 2. The van der Waals surface area contributed by atoms with E-state index in [2.05, 4.69) is 21.2 Å². The van der Waals surface area contributed by atoms with Crippen molar-refractivity contribution in [3.8, 4) is 5.75 Å². The van der Waals surface area contributed by atoms with Crippen LogP contribution in [-0.4, -0.2) is 11.0 Å². The SMILES string of the molecule is Cc1ccc(NC(=O)c2cc(Br)ccc2Cl)cc1O. The number of halogens is 2. The average molecular weight is 341 g/mol. The first-order valence-corrected chi connectivity index (χ1v) is 6.70. The van der Waals surface area contributed by atoms with Gasteiger partial charge in [-0.15, -0.1) is 0 Å². The molecule has 0 aromatic heterocycles. The van der Waals surface area contributed by atoms with Crippen LogP contribution < -0.4 is 5.32 Å². The Bertz CT molecular complexity index is 643. The van der Waals surface area contributed by atoms with Crippen molar-refractivity contribution in [2.45, 2.75) is 6.92 Å². The summed E-state index contributed by atoms with van der Waals surface area (Å²) >= 11 is 9.28. The normalized spacial score (nSPS) is 10.3. The van der Waals surface area contributed by atoms with Gasteiger partial charge >= 0.3 is 0 Å². The highest BCUT2D eigenvalue weighted by Gasteiger charge is 2.11. The maximum Gasteiger partial charge on any atom is 0.257 e. The Morgan fingerprint density at radius 2 is 2.00 bits per heavy atom. The first kappa shape index (κ1) is 13.9. The standard InChI is InChI=1S/C14H11BrClNO2/c1-8-2-4-10(7-13(8)18)17-14(19)11-6-9(15)3-5-12(11)16/h2-7,18H,1H3,(H,17,19). The van der Waals surface area contributed by atoms with Gasteiger partial charge in [-0.2, -0.15) is 0 Å². The smallest absolute Gasteiger partial charge is 0.257 e. The topological polar surface area (TPSA) is 49.3 Å². The molecule has 19 heavy (non-hydrogen) atoms. The lowest BCUT2D eigenvalue weighted by Gasteiger charge is -2.08. The summed E-state index contributed by atoms with van der Waals surface area (Å²) in [6.45, 7) is 1.78. The number of carbonyl (C=O) groups excluding carboxylic acids is 1. The molecule has 98 valence electrons. The first-order valence-electron chi connectivity index (χ1n) is 5.53. The van der Waals surface area contributed by atoms with Gasteiger partial charge in [0, 0.05) is 16.2 Å². The number of hydrogen-bond acceptors (Lipinski definition) is 2. The maximum atomic E-state index is 12.1. The molecular weight excluding hydrogens is 330 g/mol. The first-order chi connectivity index (χ1) is 8.97. The number of phenolic OH excluding ortho intramolecular Hbond substituents is 1. The van der Waals surface area contributed by atoms with E-state index in [1.165, 1.54) is 6.07 Å². The summed E-state index contributed by atoms with van der Waals surface area (Å²) in [6.07, 6.45) is 0. The third-order valence-corrected chi connectivity index (χ3v) is 3.46. The summed E-state index contributed by atoms with van der Waals surface area (Å²) in [5.41, 5.74) is 1.64. The zero-order valence-electron chi connectivity index (χ0n) is 10.1. The monoisotopic (exact) mass is 339 g/mol. The van der Waals surface area contributed by atoms with Crippen LogP contribution in [0.15, 0.2) is 40.9 Å². The fraction of sp³-hybridized carbons (Fsp3) is 0.0714. The molecule has 0 spiro atoms. The predicted molar refractivity (Wildman–Crippen MR) is 79.9 cm³/mol. The number of nitrogens with one attached hydrogen (secondary N) is 1. The van der Waals surface area contributed by atoms with Gasteiger partial charge in [0.2, 0.25) is 0 Å². The van der Waals surface area contributed by atoms with E-state index in [9.17, 15) is 9.90 Å². The number of carbonyl (C=O) groups is 1. The minimum absolute atomic E-state index is 0.137. The fourth-order valence-corrected chi connectivity index (χ4v) is 2.12. The lowest BCUT2D eigenvalue weighted by Crippen LogP contribution is -2.12. The van der Waals surface area contributed by atoms with Crippen molar-refractivity contribution in [3.63, 3.8) is 0 Å². The molecule has 2 rings (SSSR count). The fourth-order valence-electron chi connectivity index (χ4n) is 1.56. The molecule has 3 nitrogen and oxygen atoms in total. The molecule has 0 aliphatic rings. The lowest BCUT2D eigenvalue weighted by atomic mass is 10.2. The van der Waals surface area contributed by atoms with Gasteiger partial charge in [-0.1, -0.05) is 33.6 Å². The van der Waals surface area contributed by atoms with Crippen molar-refractivity contribution in [2.24, 2.45) is 0 Å². The molecule has 0 radical (unpaired) electrons. The molecule has 0 atom stereocenters. The van der Waals surface area contributed by atoms with E-state index >= 15 is 0 Å². The molecule has 5 heteroatoms. The van der Waals surface area contributed by atoms with Crippen LogP contribution in [0.5, 0.6) is 5.75 Å². The van der Waals surface area contributed by atoms with Crippen LogP contribution in [0, 0.1) is 6.92 Å². The molecule has 0 bridgehead atoms. The van der Waals surface area contributed by atoms with Crippen LogP contribution in [0.25, 0.3) is 0 Å². The number of hydrogen-bond donors (Lipinski definition) is 2. The van der Waals surface area contributed by atoms with Crippen LogP contribution in [0.2, 0.25) is 5.02 Å². The molecule has 0 fully saturated rings. The van der Waals surface area contributed by atoms with Crippen LogP contribution in [0.1, 0.15) is 15.9 Å².